The largest absolute Gasteiger partial charge is 0.381 e. The second-order valence-corrected chi connectivity index (χ2v) is 9.06. The number of fused-ring (bicyclic) bond motifs is 2. The predicted molar refractivity (Wildman–Crippen MR) is 113 cm³/mol. The number of rotatable bonds is 4. The average Bonchev–Trinajstić information content (AvgIpc) is 2.70. The number of hydrogen-bond acceptors (Lipinski definition) is 5. The lowest BCUT2D eigenvalue weighted by molar-refractivity contribution is -0.138. The van der Waals surface area contributed by atoms with Crippen LogP contribution in [0.15, 0.2) is 18.2 Å². The van der Waals surface area contributed by atoms with Gasteiger partial charge >= 0.3 is 0 Å². The van der Waals surface area contributed by atoms with Gasteiger partial charge in [0.25, 0.3) is 0 Å². The number of nitrogens with one attached hydrogen (secondary N) is 2. The molecule has 2 aliphatic heterocycles. The molecule has 0 bridgehead atoms. The Labute approximate surface area is 173 Å². The molecule has 3 fully saturated rings. The molecular weight excluding hydrogens is 366 g/mol. The van der Waals surface area contributed by atoms with Crippen LogP contribution in [0.5, 0.6) is 0 Å². The first kappa shape index (κ1) is 20.5. The molecule has 158 valence electrons. The average molecular weight is 400 g/mol. The number of likely N-dealkylation sites (tertiary alicyclic amines) is 1. The number of aryl methyl sites for hydroxylation is 2. The molecule has 0 spiro atoms. The molecule has 5 unspecified atom stereocenters. The predicted octanol–water partition coefficient (Wildman–Crippen LogP) is 2.29. The van der Waals surface area contributed by atoms with Crippen LogP contribution in [-0.4, -0.2) is 61.5 Å². The highest BCUT2D eigenvalue weighted by Crippen LogP contribution is 2.36. The van der Waals surface area contributed by atoms with Crippen molar-refractivity contribution >= 4 is 17.4 Å². The Hall–Kier alpha value is -1.76. The fraction of sp³-hybridized carbons (Fsp3) is 0.652. The Balaban J connectivity index is 1.36. The SMILES string of the molecule is COC1CCC2NC3CCN(CC(=O)Nc4ccc(C)cc4C)CC3C(=O)C2C1. The fourth-order valence-electron chi connectivity index (χ4n) is 5.41. The van der Waals surface area contributed by atoms with Crippen molar-refractivity contribution in [1.29, 1.82) is 0 Å². The number of ether oxygens (including phenoxy) is 1. The number of hydrogen-bond donors (Lipinski definition) is 2. The fourth-order valence-corrected chi connectivity index (χ4v) is 5.41. The van der Waals surface area contributed by atoms with E-state index in [9.17, 15) is 9.59 Å². The molecular formula is C23H33N3O3. The van der Waals surface area contributed by atoms with Gasteiger partial charge in [-0.15, -0.1) is 0 Å². The first-order valence-electron chi connectivity index (χ1n) is 10.9. The van der Waals surface area contributed by atoms with Gasteiger partial charge in [-0.3, -0.25) is 14.5 Å². The highest BCUT2D eigenvalue weighted by Gasteiger charge is 2.47. The molecule has 29 heavy (non-hydrogen) atoms. The summed E-state index contributed by atoms with van der Waals surface area (Å²) in [6.45, 7) is 5.90. The molecule has 2 saturated heterocycles. The van der Waals surface area contributed by atoms with E-state index in [1.54, 1.807) is 7.11 Å². The van der Waals surface area contributed by atoms with E-state index >= 15 is 0 Å². The summed E-state index contributed by atoms with van der Waals surface area (Å²) >= 11 is 0. The van der Waals surface area contributed by atoms with Gasteiger partial charge < -0.3 is 15.4 Å². The zero-order valence-corrected chi connectivity index (χ0v) is 17.7. The molecule has 3 aliphatic rings. The Bertz CT molecular complexity index is 781. The van der Waals surface area contributed by atoms with E-state index < -0.39 is 0 Å². The van der Waals surface area contributed by atoms with Gasteiger partial charge in [0.15, 0.2) is 0 Å². The number of amides is 1. The molecule has 0 aromatic heterocycles. The summed E-state index contributed by atoms with van der Waals surface area (Å²) < 4.78 is 5.53. The van der Waals surface area contributed by atoms with E-state index in [1.807, 2.05) is 26.0 Å². The molecule has 1 aromatic carbocycles. The first-order chi connectivity index (χ1) is 13.9. The van der Waals surface area contributed by atoms with Gasteiger partial charge in [-0.2, -0.15) is 0 Å². The lowest BCUT2D eigenvalue weighted by atomic mass is 9.70. The van der Waals surface area contributed by atoms with Crippen LogP contribution in [0, 0.1) is 25.7 Å². The topological polar surface area (TPSA) is 70.7 Å². The Kier molecular flexibility index (Phi) is 6.04. The molecule has 5 atom stereocenters. The summed E-state index contributed by atoms with van der Waals surface area (Å²) in [6.07, 6.45) is 3.98. The number of carbonyl (C=O) groups is 2. The van der Waals surface area contributed by atoms with Gasteiger partial charge in [0.1, 0.15) is 5.78 Å². The number of methoxy groups -OCH3 is 1. The van der Waals surface area contributed by atoms with Crippen molar-refractivity contribution in [3.8, 4) is 0 Å². The normalized spacial score (nSPS) is 32.4. The Morgan fingerprint density at radius 2 is 2.00 bits per heavy atom. The van der Waals surface area contributed by atoms with Gasteiger partial charge in [-0.1, -0.05) is 17.7 Å². The van der Waals surface area contributed by atoms with Crippen molar-refractivity contribution in [3.63, 3.8) is 0 Å². The van der Waals surface area contributed by atoms with Crippen molar-refractivity contribution in [2.75, 3.05) is 32.1 Å². The van der Waals surface area contributed by atoms with E-state index in [0.29, 0.717) is 24.9 Å². The van der Waals surface area contributed by atoms with Crippen LogP contribution in [0.2, 0.25) is 0 Å². The third-order valence-electron chi connectivity index (χ3n) is 7.01. The van der Waals surface area contributed by atoms with E-state index in [2.05, 4.69) is 21.6 Å². The molecule has 2 N–H and O–H groups in total. The van der Waals surface area contributed by atoms with Crippen LogP contribution >= 0.6 is 0 Å². The van der Waals surface area contributed by atoms with Gasteiger partial charge in [-0.05, 0) is 51.2 Å². The summed E-state index contributed by atoms with van der Waals surface area (Å²) in [5.41, 5.74) is 3.11. The standard InChI is InChI=1S/C23H33N3O3/c1-14-4-6-19(15(2)10-14)25-22(27)13-26-9-8-21-18(12-26)23(28)17-11-16(29-3)5-7-20(17)24-21/h4,6,10,16-18,20-21,24H,5,7-9,11-13H2,1-3H3,(H,25,27). The lowest BCUT2D eigenvalue weighted by Crippen LogP contribution is -2.64. The summed E-state index contributed by atoms with van der Waals surface area (Å²) in [7, 11) is 1.74. The van der Waals surface area contributed by atoms with Gasteiger partial charge in [0.05, 0.1) is 12.6 Å². The van der Waals surface area contributed by atoms with Crippen LogP contribution in [-0.2, 0) is 14.3 Å². The summed E-state index contributed by atoms with van der Waals surface area (Å²) in [5.74, 6) is 0.398. The number of nitrogens with zero attached hydrogens (tertiary/aromatic N) is 1. The molecule has 1 aromatic rings. The quantitative estimate of drug-likeness (QED) is 0.813. The summed E-state index contributed by atoms with van der Waals surface area (Å²) in [5, 5.41) is 6.78. The number of Topliss-reactive ketones (excluding diaryl/α,β-unsaturated/α-hetero) is 1. The third kappa shape index (κ3) is 4.39. The summed E-state index contributed by atoms with van der Waals surface area (Å²) in [6, 6.07) is 6.59. The number of anilines is 1. The van der Waals surface area contributed by atoms with Crippen molar-refractivity contribution in [2.45, 2.75) is 57.7 Å². The van der Waals surface area contributed by atoms with Gasteiger partial charge in [0, 0.05) is 49.8 Å². The molecule has 1 saturated carbocycles. The van der Waals surface area contributed by atoms with E-state index in [1.165, 1.54) is 5.56 Å². The molecule has 0 radical (unpaired) electrons. The highest BCUT2D eigenvalue weighted by molar-refractivity contribution is 5.93. The maximum Gasteiger partial charge on any atom is 0.238 e. The van der Waals surface area contributed by atoms with E-state index in [0.717, 1.165) is 43.5 Å². The van der Waals surface area contributed by atoms with Crippen LogP contribution < -0.4 is 10.6 Å². The van der Waals surface area contributed by atoms with Crippen LogP contribution in [0.25, 0.3) is 0 Å². The molecule has 4 rings (SSSR count). The number of piperidine rings is 2. The maximum absolute atomic E-state index is 13.2. The second kappa shape index (κ2) is 8.54. The Morgan fingerprint density at radius 1 is 1.21 bits per heavy atom. The molecule has 1 amide bonds. The highest BCUT2D eigenvalue weighted by atomic mass is 16.5. The van der Waals surface area contributed by atoms with E-state index in [-0.39, 0.29) is 29.9 Å². The first-order valence-corrected chi connectivity index (χ1v) is 10.9. The number of benzene rings is 1. The Morgan fingerprint density at radius 3 is 2.76 bits per heavy atom. The zero-order chi connectivity index (χ0) is 20.5. The van der Waals surface area contributed by atoms with Crippen LogP contribution in [0.3, 0.4) is 0 Å². The van der Waals surface area contributed by atoms with Crippen LogP contribution in [0.1, 0.15) is 36.8 Å². The summed E-state index contributed by atoms with van der Waals surface area (Å²) in [4.78, 5) is 28.0. The van der Waals surface area contributed by atoms with Crippen LogP contribution in [0.4, 0.5) is 5.69 Å². The van der Waals surface area contributed by atoms with E-state index in [4.69, 9.17) is 4.74 Å². The monoisotopic (exact) mass is 399 g/mol. The number of ketones is 1. The minimum Gasteiger partial charge on any atom is -0.381 e. The van der Waals surface area contributed by atoms with Gasteiger partial charge in [0.2, 0.25) is 5.91 Å². The second-order valence-electron chi connectivity index (χ2n) is 9.06. The minimum atomic E-state index is -0.0190. The van der Waals surface area contributed by atoms with Crippen molar-refractivity contribution < 1.29 is 14.3 Å². The van der Waals surface area contributed by atoms with Crippen molar-refractivity contribution in [1.82, 2.24) is 10.2 Å². The van der Waals surface area contributed by atoms with Crippen molar-refractivity contribution in [3.05, 3.63) is 29.3 Å². The number of carbonyl (C=O) groups excluding carboxylic acids is 2. The third-order valence-corrected chi connectivity index (χ3v) is 7.01. The van der Waals surface area contributed by atoms with Crippen molar-refractivity contribution in [2.24, 2.45) is 11.8 Å². The molecule has 6 nitrogen and oxygen atoms in total. The molecule has 6 heteroatoms. The molecule has 2 heterocycles. The zero-order valence-electron chi connectivity index (χ0n) is 17.7. The molecule has 1 aliphatic carbocycles. The smallest absolute Gasteiger partial charge is 0.238 e. The van der Waals surface area contributed by atoms with Gasteiger partial charge in [-0.25, -0.2) is 0 Å². The minimum absolute atomic E-state index is 0.0124. The maximum atomic E-state index is 13.2. The lowest BCUT2D eigenvalue weighted by Gasteiger charge is -2.48.